The summed E-state index contributed by atoms with van der Waals surface area (Å²) in [6.07, 6.45) is 9.49. The first-order chi connectivity index (χ1) is 10.6. The number of hydrogen-bond acceptors (Lipinski definition) is 3. The van der Waals surface area contributed by atoms with E-state index in [0.29, 0.717) is 17.4 Å². The number of carbonyl (C=O) groups is 1. The number of carboxylic acid groups (broad SMARTS) is 1. The van der Waals surface area contributed by atoms with E-state index in [1.807, 2.05) is 31.2 Å². The van der Waals surface area contributed by atoms with E-state index in [9.17, 15) is 9.90 Å². The minimum atomic E-state index is -0.913. The van der Waals surface area contributed by atoms with E-state index in [-0.39, 0.29) is 6.61 Å². The van der Waals surface area contributed by atoms with Crippen LogP contribution in [0.4, 0.5) is 0 Å². The predicted octanol–water partition coefficient (Wildman–Crippen LogP) is 4.29. The molecular weight excluding hydrogens is 278 g/mol. The molecule has 0 aromatic heterocycles. The Hall–Kier alpha value is -2.36. The van der Waals surface area contributed by atoms with Crippen molar-refractivity contribution in [2.75, 3.05) is 0 Å². The molecule has 22 heavy (non-hydrogen) atoms. The summed E-state index contributed by atoms with van der Waals surface area (Å²) in [6, 6.07) is 5.44. The first-order valence-corrected chi connectivity index (χ1v) is 7.43. The molecule has 0 amide bonds. The zero-order valence-electron chi connectivity index (χ0n) is 13.0. The van der Waals surface area contributed by atoms with Crippen LogP contribution in [0.15, 0.2) is 47.6 Å². The second-order valence-corrected chi connectivity index (χ2v) is 5.26. The Morgan fingerprint density at radius 2 is 2.18 bits per heavy atom. The van der Waals surface area contributed by atoms with Gasteiger partial charge in [0.1, 0.15) is 6.61 Å². The number of aliphatic imine (C=N–C) groups is 1. The third-order valence-corrected chi connectivity index (χ3v) is 3.53. The molecular formula is C18H21NO3. The molecule has 4 heteroatoms. The van der Waals surface area contributed by atoms with Gasteiger partial charge in [-0.15, -0.1) is 0 Å². The fourth-order valence-electron chi connectivity index (χ4n) is 2.27. The number of carboxylic acids is 1. The van der Waals surface area contributed by atoms with Crippen molar-refractivity contribution in [1.82, 2.24) is 0 Å². The van der Waals surface area contributed by atoms with Crippen LogP contribution in [0.5, 0.6) is 0 Å². The molecule has 0 heterocycles. The number of allylic oxidation sites excluding steroid dienone is 3. The van der Waals surface area contributed by atoms with Crippen LogP contribution in [0.2, 0.25) is 0 Å². The Labute approximate surface area is 130 Å². The fraction of sp³-hybridized carbons (Fsp3) is 0.333. The second kappa shape index (κ2) is 7.59. The van der Waals surface area contributed by atoms with Gasteiger partial charge in [-0.3, -0.25) is 0 Å². The van der Waals surface area contributed by atoms with E-state index >= 15 is 0 Å². The summed E-state index contributed by atoms with van der Waals surface area (Å²) in [5.41, 5.74) is 2.18. The van der Waals surface area contributed by atoms with E-state index in [4.69, 9.17) is 4.74 Å². The molecule has 1 aliphatic carbocycles. The van der Waals surface area contributed by atoms with Gasteiger partial charge in [0.2, 0.25) is 0 Å². The van der Waals surface area contributed by atoms with Crippen LogP contribution in [0.1, 0.15) is 54.1 Å². The minimum absolute atomic E-state index is 0.237. The van der Waals surface area contributed by atoms with E-state index in [0.717, 1.165) is 24.0 Å². The third-order valence-electron chi connectivity index (χ3n) is 3.53. The summed E-state index contributed by atoms with van der Waals surface area (Å²) in [5.74, 6) is 0.0797. The lowest BCUT2D eigenvalue weighted by molar-refractivity contribution is 0.0693. The molecule has 0 radical (unpaired) electrons. The van der Waals surface area contributed by atoms with E-state index in [1.54, 1.807) is 25.3 Å². The number of ether oxygens (including phenoxy) is 1. The first kappa shape index (κ1) is 16.0. The lowest BCUT2D eigenvalue weighted by Crippen LogP contribution is -2.09. The van der Waals surface area contributed by atoms with E-state index in [1.165, 1.54) is 0 Å². The molecule has 0 atom stereocenters. The Balaban J connectivity index is 2.13. The summed E-state index contributed by atoms with van der Waals surface area (Å²) < 4.78 is 5.63. The zero-order chi connectivity index (χ0) is 15.9. The molecule has 1 saturated carbocycles. The molecule has 0 aliphatic heterocycles. The van der Waals surface area contributed by atoms with E-state index < -0.39 is 5.97 Å². The van der Waals surface area contributed by atoms with Gasteiger partial charge in [-0.1, -0.05) is 24.3 Å². The molecule has 0 unspecified atom stereocenters. The number of hydrogen-bond donors (Lipinski definition) is 1. The summed E-state index contributed by atoms with van der Waals surface area (Å²) in [4.78, 5) is 15.6. The molecule has 116 valence electrons. The Morgan fingerprint density at radius 3 is 2.82 bits per heavy atom. The number of benzene rings is 1. The fourth-order valence-corrected chi connectivity index (χ4v) is 2.27. The summed E-state index contributed by atoms with van der Waals surface area (Å²) in [7, 11) is 0. The van der Waals surface area contributed by atoms with Crippen LogP contribution < -0.4 is 0 Å². The maximum absolute atomic E-state index is 11.4. The van der Waals surface area contributed by atoms with Crippen molar-refractivity contribution in [2.24, 2.45) is 4.99 Å². The van der Waals surface area contributed by atoms with Crippen molar-refractivity contribution < 1.29 is 14.6 Å². The van der Waals surface area contributed by atoms with Gasteiger partial charge in [-0.05, 0) is 43.4 Å². The third kappa shape index (κ3) is 4.32. The number of rotatable bonds is 6. The molecule has 1 aromatic carbocycles. The van der Waals surface area contributed by atoms with E-state index in [2.05, 4.69) is 4.99 Å². The van der Waals surface area contributed by atoms with Crippen LogP contribution in [0, 0.1) is 0 Å². The molecule has 1 aromatic rings. The van der Waals surface area contributed by atoms with Gasteiger partial charge in [-0.2, -0.15) is 0 Å². The lowest BCUT2D eigenvalue weighted by atomic mass is 9.98. The highest BCUT2D eigenvalue weighted by molar-refractivity contribution is 5.90. The Bertz CT molecular complexity index is 625. The molecule has 1 fully saturated rings. The van der Waals surface area contributed by atoms with Gasteiger partial charge >= 0.3 is 5.97 Å². The van der Waals surface area contributed by atoms with Crippen LogP contribution in [0.25, 0.3) is 0 Å². The number of aromatic carboxylic acids is 1. The molecule has 1 aliphatic rings. The van der Waals surface area contributed by atoms with Crippen molar-refractivity contribution >= 4 is 11.9 Å². The largest absolute Gasteiger partial charge is 0.478 e. The molecule has 0 saturated heterocycles. The van der Waals surface area contributed by atoms with Crippen molar-refractivity contribution in [1.29, 1.82) is 0 Å². The molecule has 0 spiro atoms. The van der Waals surface area contributed by atoms with Gasteiger partial charge < -0.3 is 9.84 Å². The molecule has 0 bridgehead atoms. The predicted molar refractivity (Wildman–Crippen MR) is 87.2 cm³/mol. The molecule has 2 rings (SSSR count). The van der Waals surface area contributed by atoms with Gasteiger partial charge in [0, 0.05) is 18.7 Å². The molecule has 4 nitrogen and oxygen atoms in total. The highest BCUT2D eigenvalue weighted by atomic mass is 16.5. The maximum Gasteiger partial charge on any atom is 0.336 e. The average Bonchev–Trinajstić information content (AvgIpc) is 3.33. The quantitative estimate of drug-likeness (QED) is 0.484. The highest BCUT2D eigenvalue weighted by Crippen LogP contribution is 2.42. The van der Waals surface area contributed by atoms with Crippen LogP contribution in [0.3, 0.4) is 0 Å². The van der Waals surface area contributed by atoms with Gasteiger partial charge in [-0.25, -0.2) is 9.79 Å². The minimum Gasteiger partial charge on any atom is -0.478 e. The monoisotopic (exact) mass is 299 g/mol. The summed E-state index contributed by atoms with van der Waals surface area (Å²) in [6.45, 7) is 3.93. The Morgan fingerprint density at radius 1 is 1.41 bits per heavy atom. The topological polar surface area (TPSA) is 58.9 Å². The van der Waals surface area contributed by atoms with Gasteiger partial charge in [0.25, 0.3) is 0 Å². The second-order valence-electron chi connectivity index (χ2n) is 5.26. The zero-order valence-corrected chi connectivity index (χ0v) is 13.0. The average molecular weight is 299 g/mol. The summed E-state index contributed by atoms with van der Waals surface area (Å²) in [5, 5.41) is 9.35. The van der Waals surface area contributed by atoms with Crippen LogP contribution >= 0.6 is 0 Å². The normalized spacial score (nSPS) is 15.6. The molecule has 1 N–H and O–H groups in total. The Kier molecular flexibility index (Phi) is 5.53. The van der Waals surface area contributed by atoms with Gasteiger partial charge in [0.15, 0.2) is 5.90 Å². The number of nitrogens with zero attached hydrogens (tertiary/aromatic N) is 1. The smallest absolute Gasteiger partial charge is 0.336 e. The van der Waals surface area contributed by atoms with Crippen molar-refractivity contribution in [3.63, 3.8) is 0 Å². The standard InChI is InChI=1S/C18H21NO3/c1-3-4-5-11-19-13(2)22-12-17-15(14-9-10-14)7-6-8-16(17)18(20)21/h3-8,11,14H,9-10,12H2,1-2H3,(H,20,21)/b4-3+,11-5-,19-13?. The van der Waals surface area contributed by atoms with Gasteiger partial charge in [0.05, 0.1) is 5.56 Å². The summed E-state index contributed by atoms with van der Waals surface area (Å²) >= 11 is 0. The van der Waals surface area contributed by atoms with Crippen molar-refractivity contribution in [3.05, 3.63) is 59.3 Å². The van der Waals surface area contributed by atoms with Crippen molar-refractivity contribution in [2.45, 2.75) is 39.2 Å². The van der Waals surface area contributed by atoms with Crippen molar-refractivity contribution in [3.8, 4) is 0 Å². The maximum atomic E-state index is 11.4. The van der Waals surface area contributed by atoms with Crippen LogP contribution in [-0.4, -0.2) is 17.0 Å². The SMILES string of the molecule is C/C=C/C=C\N=C(C)OCc1c(C(=O)O)cccc1C1CC1. The van der Waals surface area contributed by atoms with Crippen LogP contribution in [-0.2, 0) is 11.3 Å². The highest BCUT2D eigenvalue weighted by Gasteiger charge is 2.28. The first-order valence-electron chi connectivity index (χ1n) is 7.43. The lowest BCUT2D eigenvalue weighted by Gasteiger charge is -2.13.